The van der Waals surface area contributed by atoms with Crippen LogP contribution < -0.4 is 0 Å². The van der Waals surface area contributed by atoms with Crippen LogP contribution in [0.5, 0.6) is 5.75 Å². The molecule has 0 aromatic heterocycles. The van der Waals surface area contributed by atoms with Gasteiger partial charge in [0.1, 0.15) is 11.4 Å². The zero-order valence-electron chi connectivity index (χ0n) is 6.44. The summed E-state index contributed by atoms with van der Waals surface area (Å²) in [5.41, 5.74) is -0.0463. The summed E-state index contributed by atoms with van der Waals surface area (Å²) in [6.07, 6.45) is 0. The minimum atomic E-state index is -0.372. The van der Waals surface area contributed by atoms with Crippen molar-refractivity contribution in [2.24, 2.45) is 5.18 Å². The first-order valence-corrected chi connectivity index (χ1v) is 3.33. The number of phenols is 1. The lowest BCUT2D eigenvalue weighted by Crippen LogP contribution is -1.92. The molecule has 4 heteroatoms. The van der Waals surface area contributed by atoms with Gasteiger partial charge >= 0.3 is 0 Å². The molecule has 0 aliphatic heterocycles. The summed E-state index contributed by atoms with van der Waals surface area (Å²) < 4.78 is 0. The van der Waals surface area contributed by atoms with Gasteiger partial charge in [-0.2, -0.15) is 0 Å². The number of hydrogen-bond donors (Lipinski definition) is 1. The standard InChI is InChI=1S/C8H7NO3/c1-5(10)8-6(9-12)3-2-4-7(8)11/h2-4,11H,1H3. The zero-order chi connectivity index (χ0) is 9.14. The fourth-order valence-corrected chi connectivity index (χ4v) is 0.965. The molecule has 0 fully saturated rings. The van der Waals surface area contributed by atoms with Gasteiger partial charge in [-0.1, -0.05) is 6.07 Å². The van der Waals surface area contributed by atoms with Crippen LogP contribution in [0.25, 0.3) is 0 Å². The van der Waals surface area contributed by atoms with Crippen molar-refractivity contribution < 1.29 is 9.90 Å². The average Bonchev–Trinajstić information content (AvgIpc) is 2.03. The molecule has 1 rings (SSSR count). The van der Waals surface area contributed by atoms with E-state index in [0.717, 1.165) is 0 Å². The third-order valence-electron chi connectivity index (χ3n) is 1.47. The molecule has 0 radical (unpaired) electrons. The predicted molar refractivity (Wildman–Crippen MR) is 43.6 cm³/mol. The number of benzene rings is 1. The van der Waals surface area contributed by atoms with Gasteiger partial charge in [0.15, 0.2) is 5.78 Å². The molecule has 0 saturated heterocycles. The molecular weight excluding hydrogens is 158 g/mol. The summed E-state index contributed by atoms with van der Waals surface area (Å²) >= 11 is 0. The monoisotopic (exact) mass is 165 g/mol. The van der Waals surface area contributed by atoms with Crippen molar-refractivity contribution in [2.45, 2.75) is 6.92 Å². The smallest absolute Gasteiger partial charge is 0.165 e. The first kappa shape index (κ1) is 8.39. The van der Waals surface area contributed by atoms with Crippen LogP contribution in [0.15, 0.2) is 23.4 Å². The summed E-state index contributed by atoms with van der Waals surface area (Å²) in [6, 6.07) is 4.17. The van der Waals surface area contributed by atoms with Crippen LogP contribution in [0.4, 0.5) is 5.69 Å². The summed E-state index contributed by atoms with van der Waals surface area (Å²) in [6.45, 7) is 1.27. The lowest BCUT2D eigenvalue weighted by Gasteiger charge is -2.00. The van der Waals surface area contributed by atoms with Crippen molar-refractivity contribution in [2.75, 3.05) is 0 Å². The van der Waals surface area contributed by atoms with Crippen molar-refractivity contribution >= 4 is 11.5 Å². The van der Waals surface area contributed by atoms with Gasteiger partial charge in [0.2, 0.25) is 0 Å². The number of hydrogen-bond acceptors (Lipinski definition) is 4. The van der Waals surface area contributed by atoms with Crippen LogP contribution in [0.3, 0.4) is 0 Å². The number of carbonyl (C=O) groups excluding carboxylic acids is 1. The van der Waals surface area contributed by atoms with E-state index in [1.165, 1.54) is 25.1 Å². The van der Waals surface area contributed by atoms with Crippen LogP contribution in [0.2, 0.25) is 0 Å². The normalized spacial score (nSPS) is 9.42. The van der Waals surface area contributed by atoms with Crippen molar-refractivity contribution in [1.82, 2.24) is 0 Å². The average molecular weight is 165 g/mol. The number of aromatic hydroxyl groups is 1. The van der Waals surface area contributed by atoms with Crippen molar-refractivity contribution in [3.8, 4) is 5.75 Å². The number of phenolic OH excluding ortho intramolecular Hbond substituents is 1. The summed E-state index contributed by atoms with van der Waals surface area (Å²) in [5.74, 6) is -0.581. The van der Waals surface area contributed by atoms with Crippen LogP contribution in [0.1, 0.15) is 17.3 Å². The number of ketones is 1. The maximum atomic E-state index is 10.9. The van der Waals surface area contributed by atoms with E-state index in [-0.39, 0.29) is 22.8 Å². The van der Waals surface area contributed by atoms with Gasteiger partial charge < -0.3 is 5.11 Å². The van der Waals surface area contributed by atoms with Gasteiger partial charge in [-0.05, 0) is 24.2 Å². The van der Waals surface area contributed by atoms with E-state index in [2.05, 4.69) is 5.18 Å². The number of Topliss-reactive ketones (excluding diaryl/α,β-unsaturated/α-hetero) is 1. The van der Waals surface area contributed by atoms with E-state index in [1.807, 2.05) is 0 Å². The summed E-state index contributed by atoms with van der Waals surface area (Å²) in [4.78, 5) is 21.1. The number of nitrogens with zero attached hydrogens (tertiary/aromatic N) is 1. The highest BCUT2D eigenvalue weighted by Crippen LogP contribution is 2.27. The molecule has 0 bridgehead atoms. The maximum absolute atomic E-state index is 10.9. The van der Waals surface area contributed by atoms with Crippen LogP contribution in [-0.2, 0) is 0 Å². The molecule has 0 atom stereocenters. The molecule has 0 aliphatic rings. The van der Waals surface area contributed by atoms with E-state index in [0.29, 0.717) is 0 Å². The van der Waals surface area contributed by atoms with Crippen LogP contribution in [-0.4, -0.2) is 10.9 Å². The van der Waals surface area contributed by atoms with Crippen LogP contribution >= 0.6 is 0 Å². The van der Waals surface area contributed by atoms with E-state index in [4.69, 9.17) is 0 Å². The van der Waals surface area contributed by atoms with Gasteiger partial charge in [0, 0.05) is 0 Å². The highest BCUT2D eigenvalue weighted by atomic mass is 16.3. The van der Waals surface area contributed by atoms with Gasteiger partial charge in [0.05, 0.1) is 5.56 Å². The lowest BCUT2D eigenvalue weighted by atomic mass is 10.1. The van der Waals surface area contributed by atoms with Crippen molar-refractivity contribution in [3.63, 3.8) is 0 Å². The molecule has 0 spiro atoms. The molecule has 0 unspecified atom stereocenters. The van der Waals surface area contributed by atoms with Gasteiger partial charge in [-0.25, -0.2) is 0 Å². The minimum absolute atomic E-state index is 0.0208. The minimum Gasteiger partial charge on any atom is -0.507 e. The molecule has 0 heterocycles. The Morgan fingerprint density at radius 2 is 2.17 bits per heavy atom. The van der Waals surface area contributed by atoms with Crippen molar-refractivity contribution in [1.29, 1.82) is 0 Å². The lowest BCUT2D eigenvalue weighted by molar-refractivity contribution is 0.101. The predicted octanol–water partition coefficient (Wildman–Crippen LogP) is 1.99. The molecule has 0 aliphatic carbocycles. The molecule has 62 valence electrons. The topological polar surface area (TPSA) is 66.7 Å². The Balaban J connectivity index is 3.39. The third kappa shape index (κ3) is 1.32. The zero-order valence-corrected chi connectivity index (χ0v) is 6.44. The van der Waals surface area contributed by atoms with Crippen LogP contribution in [0, 0.1) is 4.91 Å². The SMILES string of the molecule is CC(=O)c1c(O)cccc1N=O. The summed E-state index contributed by atoms with van der Waals surface area (Å²) in [7, 11) is 0. The molecule has 0 amide bonds. The largest absolute Gasteiger partial charge is 0.507 e. The Labute approximate surface area is 68.8 Å². The van der Waals surface area contributed by atoms with Gasteiger partial charge in [0.25, 0.3) is 0 Å². The second kappa shape index (κ2) is 3.13. The first-order chi connectivity index (χ1) is 5.66. The van der Waals surface area contributed by atoms with E-state index < -0.39 is 0 Å². The fourth-order valence-electron chi connectivity index (χ4n) is 0.965. The van der Waals surface area contributed by atoms with Gasteiger partial charge in [-0.3, -0.25) is 4.79 Å². The van der Waals surface area contributed by atoms with E-state index in [9.17, 15) is 14.8 Å². The quantitative estimate of drug-likeness (QED) is 0.538. The number of carbonyl (C=O) groups is 1. The van der Waals surface area contributed by atoms with E-state index in [1.54, 1.807) is 0 Å². The second-order valence-electron chi connectivity index (χ2n) is 2.32. The summed E-state index contributed by atoms with van der Waals surface area (Å²) in [5, 5.41) is 11.8. The Morgan fingerprint density at radius 1 is 1.50 bits per heavy atom. The first-order valence-electron chi connectivity index (χ1n) is 3.33. The number of rotatable bonds is 2. The Kier molecular flexibility index (Phi) is 2.19. The maximum Gasteiger partial charge on any atom is 0.165 e. The highest BCUT2D eigenvalue weighted by molar-refractivity contribution is 6.01. The fraction of sp³-hybridized carbons (Fsp3) is 0.125. The second-order valence-corrected chi connectivity index (χ2v) is 2.32. The Morgan fingerprint density at radius 3 is 2.58 bits per heavy atom. The molecular formula is C8H7NO3. The third-order valence-corrected chi connectivity index (χ3v) is 1.47. The van der Waals surface area contributed by atoms with Crippen molar-refractivity contribution in [3.05, 3.63) is 28.7 Å². The Hall–Kier alpha value is -1.71. The molecule has 1 aromatic rings. The van der Waals surface area contributed by atoms with Gasteiger partial charge in [-0.15, -0.1) is 4.91 Å². The Bertz CT molecular complexity index is 333. The molecule has 1 N–H and O–H groups in total. The molecule has 0 saturated carbocycles. The molecule has 4 nitrogen and oxygen atoms in total. The highest BCUT2D eigenvalue weighted by Gasteiger charge is 2.11. The van der Waals surface area contributed by atoms with E-state index >= 15 is 0 Å². The molecule has 12 heavy (non-hydrogen) atoms. The molecule has 1 aromatic carbocycles. The number of nitroso groups, excluding NO2 is 1.